The molecule has 0 fully saturated rings. The fraction of sp³-hybridized carbons (Fsp3) is 0.375. The lowest BCUT2D eigenvalue weighted by atomic mass is 10.1. The predicted octanol–water partition coefficient (Wildman–Crippen LogP) is 5.63. The Morgan fingerprint density at radius 1 is 1.24 bits per heavy atom. The molecule has 114 valence electrons. The van der Waals surface area contributed by atoms with Gasteiger partial charge in [-0.2, -0.15) is 0 Å². The van der Waals surface area contributed by atoms with Crippen LogP contribution in [0.1, 0.15) is 31.2 Å². The van der Waals surface area contributed by atoms with Gasteiger partial charge in [-0.25, -0.2) is 0 Å². The lowest BCUT2D eigenvalue weighted by molar-refractivity contribution is 0.310. The summed E-state index contributed by atoms with van der Waals surface area (Å²) in [6, 6.07) is 10.0. The first-order valence-electron chi connectivity index (χ1n) is 6.74. The van der Waals surface area contributed by atoms with Crippen molar-refractivity contribution in [2.75, 3.05) is 0 Å². The van der Waals surface area contributed by atoms with Crippen LogP contribution >= 0.6 is 38.9 Å². The highest BCUT2D eigenvalue weighted by molar-refractivity contribution is 9.11. The van der Waals surface area contributed by atoms with Crippen molar-refractivity contribution in [1.29, 1.82) is 0 Å². The molecule has 1 N–H and O–H groups in total. The molecule has 0 saturated heterocycles. The SMILES string of the molecule is CC(C)(C)NCc1ccc(OCc2ccc(Br)s2)c(Cl)c1. The smallest absolute Gasteiger partial charge is 0.138 e. The number of ether oxygens (including phenoxy) is 1. The van der Waals surface area contributed by atoms with E-state index in [0.29, 0.717) is 11.6 Å². The minimum absolute atomic E-state index is 0.0915. The zero-order chi connectivity index (χ0) is 15.5. The number of hydrogen-bond donors (Lipinski definition) is 1. The van der Waals surface area contributed by atoms with Crippen LogP contribution in [0, 0.1) is 0 Å². The van der Waals surface area contributed by atoms with Crippen LogP contribution < -0.4 is 10.1 Å². The first kappa shape index (κ1) is 16.8. The number of thiophene rings is 1. The van der Waals surface area contributed by atoms with E-state index < -0.39 is 0 Å². The summed E-state index contributed by atoms with van der Waals surface area (Å²) >= 11 is 11.4. The average Bonchev–Trinajstić information content (AvgIpc) is 2.80. The van der Waals surface area contributed by atoms with Crippen molar-refractivity contribution in [1.82, 2.24) is 5.32 Å². The van der Waals surface area contributed by atoms with Crippen LogP contribution in [0.3, 0.4) is 0 Å². The van der Waals surface area contributed by atoms with Gasteiger partial charge in [0.25, 0.3) is 0 Å². The number of rotatable bonds is 5. The predicted molar refractivity (Wildman–Crippen MR) is 94.4 cm³/mol. The summed E-state index contributed by atoms with van der Waals surface area (Å²) in [4.78, 5) is 1.16. The van der Waals surface area contributed by atoms with E-state index in [4.69, 9.17) is 16.3 Å². The molecule has 0 aliphatic carbocycles. The molecule has 1 heterocycles. The Morgan fingerprint density at radius 2 is 2.00 bits per heavy atom. The number of nitrogens with one attached hydrogen (secondary N) is 1. The number of halogens is 2. The van der Waals surface area contributed by atoms with Crippen molar-refractivity contribution in [3.05, 3.63) is 49.6 Å². The fourth-order valence-electron chi connectivity index (χ4n) is 1.72. The Morgan fingerprint density at radius 3 is 2.57 bits per heavy atom. The summed E-state index contributed by atoms with van der Waals surface area (Å²) in [7, 11) is 0. The molecule has 0 bridgehead atoms. The van der Waals surface area contributed by atoms with Crippen LogP contribution in [-0.4, -0.2) is 5.54 Å². The third-order valence-corrected chi connectivity index (χ3v) is 4.71. The van der Waals surface area contributed by atoms with Crippen LogP contribution in [0.15, 0.2) is 34.1 Å². The van der Waals surface area contributed by atoms with Crippen molar-refractivity contribution < 1.29 is 4.74 Å². The van der Waals surface area contributed by atoms with Gasteiger partial charge in [0.1, 0.15) is 12.4 Å². The zero-order valence-corrected chi connectivity index (χ0v) is 15.5. The molecule has 0 radical (unpaired) electrons. The third-order valence-electron chi connectivity index (χ3n) is 2.82. The average molecular weight is 389 g/mol. The quantitative estimate of drug-likeness (QED) is 0.716. The summed E-state index contributed by atoms with van der Waals surface area (Å²) < 4.78 is 6.88. The lowest BCUT2D eigenvalue weighted by Gasteiger charge is -2.20. The minimum Gasteiger partial charge on any atom is -0.487 e. The topological polar surface area (TPSA) is 21.3 Å². The van der Waals surface area contributed by atoms with Crippen LogP contribution in [0.4, 0.5) is 0 Å². The minimum atomic E-state index is 0.0915. The van der Waals surface area contributed by atoms with E-state index in [0.717, 1.165) is 26.5 Å². The lowest BCUT2D eigenvalue weighted by Crippen LogP contribution is -2.35. The Balaban J connectivity index is 1.95. The summed E-state index contributed by atoms with van der Waals surface area (Å²) in [5, 5.41) is 4.09. The van der Waals surface area contributed by atoms with Gasteiger partial charge in [-0.3, -0.25) is 0 Å². The van der Waals surface area contributed by atoms with E-state index in [1.807, 2.05) is 30.3 Å². The van der Waals surface area contributed by atoms with Crippen molar-refractivity contribution in [3.63, 3.8) is 0 Å². The molecule has 0 unspecified atom stereocenters. The molecule has 2 rings (SSSR count). The van der Waals surface area contributed by atoms with Gasteiger partial charge < -0.3 is 10.1 Å². The Labute approximate surface area is 143 Å². The number of hydrogen-bond acceptors (Lipinski definition) is 3. The second-order valence-electron chi connectivity index (χ2n) is 5.86. The van der Waals surface area contributed by atoms with Gasteiger partial charge in [-0.1, -0.05) is 17.7 Å². The molecule has 0 amide bonds. The highest BCUT2D eigenvalue weighted by Crippen LogP contribution is 2.28. The van der Waals surface area contributed by atoms with Crippen LogP contribution in [0.2, 0.25) is 5.02 Å². The second kappa shape index (κ2) is 7.14. The van der Waals surface area contributed by atoms with Gasteiger partial charge in [-0.05, 0) is 66.5 Å². The van der Waals surface area contributed by atoms with Crippen molar-refractivity contribution in [2.45, 2.75) is 39.5 Å². The molecule has 2 aromatic rings. The highest BCUT2D eigenvalue weighted by Gasteiger charge is 2.10. The maximum absolute atomic E-state index is 6.29. The standard InChI is InChI=1S/C16H19BrClNOS/c1-16(2,3)19-9-11-4-6-14(13(18)8-11)20-10-12-5-7-15(17)21-12/h4-8,19H,9-10H2,1-3H3. The summed E-state index contributed by atoms with van der Waals surface area (Å²) in [6.45, 7) is 7.76. The first-order valence-corrected chi connectivity index (χ1v) is 8.73. The molecule has 0 saturated carbocycles. The molecule has 2 nitrogen and oxygen atoms in total. The van der Waals surface area contributed by atoms with Crippen LogP contribution in [-0.2, 0) is 13.2 Å². The van der Waals surface area contributed by atoms with Crippen molar-refractivity contribution >= 4 is 38.9 Å². The van der Waals surface area contributed by atoms with E-state index >= 15 is 0 Å². The van der Waals surface area contributed by atoms with Gasteiger partial charge in [0.05, 0.1) is 8.81 Å². The Bertz CT molecular complexity index is 607. The van der Waals surface area contributed by atoms with Gasteiger partial charge >= 0.3 is 0 Å². The van der Waals surface area contributed by atoms with Gasteiger partial charge in [-0.15, -0.1) is 11.3 Å². The van der Waals surface area contributed by atoms with E-state index in [1.165, 1.54) is 0 Å². The summed E-state index contributed by atoms with van der Waals surface area (Å²) in [5.74, 6) is 0.723. The van der Waals surface area contributed by atoms with E-state index in [9.17, 15) is 0 Å². The summed E-state index contributed by atoms with van der Waals surface area (Å²) in [6.07, 6.45) is 0. The van der Waals surface area contributed by atoms with Crippen LogP contribution in [0.5, 0.6) is 5.75 Å². The van der Waals surface area contributed by atoms with Gasteiger partial charge in [0.15, 0.2) is 0 Å². The highest BCUT2D eigenvalue weighted by atomic mass is 79.9. The third kappa shape index (κ3) is 5.62. The zero-order valence-electron chi connectivity index (χ0n) is 12.4. The normalized spacial score (nSPS) is 11.7. The number of benzene rings is 1. The monoisotopic (exact) mass is 387 g/mol. The molecule has 21 heavy (non-hydrogen) atoms. The van der Waals surface area contributed by atoms with E-state index in [2.05, 4.69) is 42.0 Å². The van der Waals surface area contributed by atoms with Gasteiger partial charge in [0.2, 0.25) is 0 Å². The second-order valence-corrected chi connectivity index (χ2v) is 8.82. The molecular formula is C16H19BrClNOS. The Hall–Kier alpha value is -0.550. The molecule has 1 aromatic carbocycles. The largest absolute Gasteiger partial charge is 0.487 e. The van der Waals surface area contributed by atoms with Crippen molar-refractivity contribution in [2.24, 2.45) is 0 Å². The van der Waals surface area contributed by atoms with E-state index in [1.54, 1.807) is 11.3 Å². The van der Waals surface area contributed by atoms with Gasteiger partial charge in [0, 0.05) is 17.0 Å². The van der Waals surface area contributed by atoms with Crippen molar-refractivity contribution in [3.8, 4) is 5.75 Å². The molecule has 0 aliphatic heterocycles. The molecular weight excluding hydrogens is 370 g/mol. The maximum Gasteiger partial charge on any atom is 0.138 e. The Kier molecular flexibility index (Phi) is 5.72. The summed E-state index contributed by atoms with van der Waals surface area (Å²) in [5.41, 5.74) is 1.25. The first-order chi connectivity index (χ1) is 9.83. The molecule has 5 heteroatoms. The maximum atomic E-state index is 6.29. The molecule has 0 atom stereocenters. The molecule has 1 aromatic heterocycles. The molecule has 0 aliphatic rings. The van der Waals surface area contributed by atoms with Crippen LogP contribution in [0.25, 0.3) is 0 Å². The molecule has 0 spiro atoms. The fourth-order valence-corrected chi connectivity index (χ4v) is 3.37. The van der Waals surface area contributed by atoms with E-state index in [-0.39, 0.29) is 5.54 Å².